The Morgan fingerprint density at radius 2 is 1.91 bits per heavy atom. The van der Waals surface area contributed by atoms with E-state index in [-0.39, 0.29) is 37.4 Å². The third kappa shape index (κ3) is 6.78. The molecular weight excluding hydrogens is 308 g/mol. The molecule has 3 N–H and O–H groups in total. The van der Waals surface area contributed by atoms with E-state index in [1.54, 1.807) is 0 Å². The second-order valence-electron chi connectivity index (χ2n) is 4.51. The van der Waals surface area contributed by atoms with Crippen LogP contribution in [-0.4, -0.2) is 38.7 Å². The molecule has 0 radical (unpaired) electrons. The summed E-state index contributed by atoms with van der Waals surface area (Å²) >= 11 is 0. The van der Waals surface area contributed by atoms with E-state index in [9.17, 15) is 9.59 Å². The van der Waals surface area contributed by atoms with Crippen LogP contribution in [0.3, 0.4) is 0 Å². The molecule has 1 unspecified atom stereocenters. The first-order valence-corrected chi connectivity index (χ1v) is 6.87. The molecule has 22 heavy (non-hydrogen) atoms. The lowest BCUT2D eigenvalue weighted by Crippen LogP contribution is -2.37. The van der Waals surface area contributed by atoms with Gasteiger partial charge in [0.2, 0.25) is 5.91 Å². The quantitative estimate of drug-likeness (QED) is 0.691. The van der Waals surface area contributed by atoms with Crippen LogP contribution in [-0.2, 0) is 20.7 Å². The van der Waals surface area contributed by atoms with Crippen molar-refractivity contribution in [3.8, 4) is 5.75 Å². The van der Waals surface area contributed by atoms with Crippen LogP contribution in [0.15, 0.2) is 24.3 Å². The number of hydrogen-bond donors (Lipinski definition) is 2. The van der Waals surface area contributed by atoms with Crippen molar-refractivity contribution in [2.45, 2.75) is 13.3 Å². The average molecular weight is 331 g/mol. The molecule has 0 fully saturated rings. The molecule has 0 aliphatic heterocycles. The van der Waals surface area contributed by atoms with Crippen LogP contribution >= 0.6 is 12.4 Å². The van der Waals surface area contributed by atoms with Gasteiger partial charge in [-0.1, -0.05) is 12.1 Å². The minimum atomic E-state index is -0.441. The molecule has 0 heterocycles. The Hall–Kier alpha value is -1.79. The van der Waals surface area contributed by atoms with Crippen molar-refractivity contribution < 1.29 is 19.1 Å². The van der Waals surface area contributed by atoms with Crippen LogP contribution in [0.5, 0.6) is 5.75 Å². The maximum atomic E-state index is 11.8. The molecular formula is C15H23ClN2O4. The molecule has 1 atom stereocenters. The molecule has 1 amide bonds. The zero-order chi connectivity index (χ0) is 15.7. The lowest BCUT2D eigenvalue weighted by atomic mass is 9.99. The van der Waals surface area contributed by atoms with Gasteiger partial charge in [0, 0.05) is 6.54 Å². The van der Waals surface area contributed by atoms with E-state index < -0.39 is 5.92 Å². The molecule has 7 heteroatoms. The smallest absolute Gasteiger partial charge is 0.310 e. The highest BCUT2D eigenvalue weighted by atomic mass is 35.5. The summed E-state index contributed by atoms with van der Waals surface area (Å²) in [4.78, 5) is 22.9. The lowest BCUT2D eigenvalue weighted by Gasteiger charge is -2.15. The number of nitrogens with two attached hydrogens (primary N) is 1. The van der Waals surface area contributed by atoms with Gasteiger partial charge in [0.1, 0.15) is 5.75 Å². The van der Waals surface area contributed by atoms with E-state index in [1.165, 1.54) is 7.11 Å². The average Bonchev–Trinajstić information content (AvgIpc) is 2.52. The number of amides is 1. The Labute approximate surface area is 136 Å². The fraction of sp³-hybridized carbons (Fsp3) is 0.467. The molecule has 0 aliphatic rings. The summed E-state index contributed by atoms with van der Waals surface area (Å²) in [6.07, 6.45) is 0.476. The minimum absolute atomic E-state index is 0. The normalized spacial score (nSPS) is 11.0. The fourth-order valence-corrected chi connectivity index (χ4v) is 1.89. The molecule has 0 aromatic heterocycles. The molecule has 1 rings (SSSR count). The predicted molar refractivity (Wildman–Crippen MR) is 86.1 cm³/mol. The first kappa shape index (κ1) is 20.2. The number of ether oxygens (including phenoxy) is 2. The Balaban J connectivity index is 0.00000441. The second kappa shape index (κ2) is 10.9. The zero-order valence-electron chi connectivity index (χ0n) is 12.8. The number of carbonyl (C=O) groups is 2. The summed E-state index contributed by atoms with van der Waals surface area (Å²) in [5.41, 5.74) is 6.19. The van der Waals surface area contributed by atoms with E-state index in [0.717, 1.165) is 11.3 Å². The number of halogens is 1. The predicted octanol–water partition coefficient (Wildman–Crippen LogP) is 0.914. The molecule has 0 bridgehead atoms. The van der Waals surface area contributed by atoms with Crippen molar-refractivity contribution >= 4 is 24.3 Å². The van der Waals surface area contributed by atoms with Crippen molar-refractivity contribution in [2.75, 3.05) is 26.8 Å². The molecule has 1 aromatic carbocycles. The highest BCUT2D eigenvalue weighted by Crippen LogP contribution is 2.15. The van der Waals surface area contributed by atoms with Crippen LogP contribution < -0.4 is 15.8 Å². The van der Waals surface area contributed by atoms with Crippen LogP contribution in [0.1, 0.15) is 12.5 Å². The number of rotatable bonds is 8. The van der Waals surface area contributed by atoms with Gasteiger partial charge in [-0.15, -0.1) is 12.4 Å². The molecule has 0 spiro atoms. The lowest BCUT2D eigenvalue weighted by molar-refractivity contribution is -0.145. The van der Waals surface area contributed by atoms with E-state index in [4.69, 9.17) is 15.2 Å². The van der Waals surface area contributed by atoms with Crippen molar-refractivity contribution in [3.05, 3.63) is 29.8 Å². The molecule has 6 nitrogen and oxygen atoms in total. The summed E-state index contributed by atoms with van der Waals surface area (Å²) in [6.45, 7) is 2.63. The van der Waals surface area contributed by atoms with Gasteiger partial charge in [0.15, 0.2) is 0 Å². The van der Waals surface area contributed by atoms with Gasteiger partial charge in [-0.3, -0.25) is 9.59 Å². The highest BCUT2D eigenvalue weighted by molar-refractivity contribution is 5.85. The van der Waals surface area contributed by atoms with Crippen LogP contribution in [0.2, 0.25) is 0 Å². The standard InChI is InChI=1S/C15H22N2O4.ClH/c1-3-21-13-6-4-11(5-7-13)8-12(15(19)20-2)10-17-14(18)9-16;/h4-7,12H,3,8-10,16H2,1-2H3,(H,17,18);1H. The molecule has 124 valence electrons. The van der Waals surface area contributed by atoms with E-state index in [0.29, 0.717) is 13.0 Å². The number of benzene rings is 1. The van der Waals surface area contributed by atoms with Crippen LogP contribution in [0.25, 0.3) is 0 Å². The second-order valence-corrected chi connectivity index (χ2v) is 4.51. The number of carbonyl (C=O) groups excluding carboxylic acids is 2. The summed E-state index contributed by atoms with van der Waals surface area (Å²) in [7, 11) is 1.33. The first-order chi connectivity index (χ1) is 10.1. The summed E-state index contributed by atoms with van der Waals surface area (Å²) in [5, 5.41) is 2.61. The van der Waals surface area contributed by atoms with Crippen molar-refractivity contribution in [1.29, 1.82) is 0 Å². The van der Waals surface area contributed by atoms with Gasteiger partial charge < -0.3 is 20.5 Å². The van der Waals surface area contributed by atoms with E-state index in [2.05, 4.69) is 5.32 Å². The Morgan fingerprint density at radius 1 is 1.27 bits per heavy atom. The monoisotopic (exact) mass is 330 g/mol. The van der Waals surface area contributed by atoms with Crippen molar-refractivity contribution in [2.24, 2.45) is 11.7 Å². The Kier molecular flexibility index (Phi) is 9.98. The topological polar surface area (TPSA) is 90.6 Å². The SMILES string of the molecule is CCOc1ccc(CC(CNC(=O)CN)C(=O)OC)cc1.Cl. The van der Waals surface area contributed by atoms with Gasteiger partial charge in [0.05, 0.1) is 26.2 Å². The largest absolute Gasteiger partial charge is 0.494 e. The fourth-order valence-electron chi connectivity index (χ4n) is 1.89. The van der Waals surface area contributed by atoms with Crippen molar-refractivity contribution in [3.63, 3.8) is 0 Å². The van der Waals surface area contributed by atoms with Gasteiger partial charge >= 0.3 is 5.97 Å². The zero-order valence-corrected chi connectivity index (χ0v) is 13.7. The van der Waals surface area contributed by atoms with Crippen LogP contribution in [0.4, 0.5) is 0 Å². The Bertz CT molecular complexity index is 465. The third-order valence-electron chi connectivity index (χ3n) is 2.98. The molecule has 0 aliphatic carbocycles. The minimum Gasteiger partial charge on any atom is -0.494 e. The van der Waals surface area contributed by atoms with Gasteiger partial charge in [-0.25, -0.2) is 0 Å². The first-order valence-electron chi connectivity index (χ1n) is 6.87. The maximum absolute atomic E-state index is 11.8. The molecule has 1 aromatic rings. The van der Waals surface area contributed by atoms with Gasteiger partial charge in [-0.05, 0) is 31.0 Å². The highest BCUT2D eigenvalue weighted by Gasteiger charge is 2.20. The van der Waals surface area contributed by atoms with Gasteiger partial charge in [-0.2, -0.15) is 0 Å². The van der Waals surface area contributed by atoms with E-state index in [1.807, 2.05) is 31.2 Å². The van der Waals surface area contributed by atoms with Crippen LogP contribution in [0, 0.1) is 5.92 Å². The van der Waals surface area contributed by atoms with E-state index >= 15 is 0 Å². The maximum Gasteiger partial charge on any atom is 0.310 e. The molecule has 0 saturated heterocycles. The Morgan fingerprint density at radius 3 is 2.41 bits per heavy atom. The third-order valence-corrected chi connectivity index (χ3v) is 2.98. The summed E-state index contributed by atoms with van der Waals surface area (Å²) < 4.78 is 10.1. The number of esters is 1. The number of nitrogens with one attached hydrogen (secondary N) is 1. The summed E-state index contributed by atoms with van der Waals surface area (Å²) in [6, 6.07) is 7.49. The van der Waals surface area contributed by atoms with Gasteiger partial charge in [0.25, 0.3) is 0 Å². The number of methoxy groups -OCH3 is 1. The summed E-state index contributed by atoms with van der Waals surface area (Å²) in [5.74, 6) is -0.312. The molecule has 0 saturated carbocycles. The van der Waals surface area contributed by atoms with Crippen molar-refractivity contribution in [1.82, 2.24) is 5.32 Å². The number of hydrogen-bond acceptors (Lipinski definition) is 5.